The largest absolute Gasteiger partial charge is 0.456 e. The first-order chi connectivity index (χ1) is 28.8. The first-order valence-electron chi connectivity index (χ1n) is 19.7. The van der Waals surface area contributed by atoms with Crippen LogP contribution in [0.3, 0.4) is 0 Å². The van der Waals surface area contributed by atoms with Crippen molar-refractivity contribution in [2.24, 2.45) is 0 Å². The minimum atomic E-state index is 0.851. The summed E-state index contributed by atoms with van der Waals surface area (Å²) in [5.74, 6) is 0. The number of benzene rings is 9. The van der Waals surface area contributed by atoms with E-state index in [-0.39, 0.29) is 0 Å². The molecule has 0 aliphatic carbocycles. The van der Waals surface area contributed by atoms with Crippen LogP contribution in [0, 0.1) is 0 Å². The van der Waals surface area contributed by atoms with Gasteiger partial charge in [0, 0.05) is 56.0 Å². The lowest BCUT2D eigenvalue weighted by atomic mass is 10.0. The minimum Gasteiger partial charge on any atom is -0.456 e. The second-order valence-corrected chi connectivity index (χ2v) is 14.6. The zero-order chi connectivity index (χ0) is 38.4. The van der Waals surface area contributed by atoms with Crippen molar-refractivity contribution in [1.82, 2.24) is 4.57 Å². The molecule has 0 saturated carbocycles. The van der Waals surface area contributed by atoms with Gasteiger partial charge in [-0.15, -0.1) is 0 Å². The van der Waals surface area contributed by atoms with Crippen LogP contribution in [-0.2, 0) is 0 Å². The van der Waals surface area contributed by atoms with Crippen molar-refractivity contribution in [3.8, 4) is 16.8 Å². The van der Waals surface area contributed by atoms with Crippen molar-refractivity contribution in [2.75, 3.05) is 9.80 Å². The van der Waals surface area contributed by atoms with Crippen molar-refractivity contribution in [3.63, 3.8) is 0 Å². The van der Waals surface area contributed by atoms with Gasteiger partial charge in [0.15, 0.2) is 0 Å². The molecular weight excluding hydrogens is 707 g/mol. The van der Waals surface area contributed by atoms with Gasteiger partial charge in [-0.05, 0) is 96.1 Å². The highest BCUT2D eigenvalue weighted by Crippen LogP contribution is 2.48. The van der Waals surface area contributed by atoms with Crippen LogP contribution < -0.4 is 9.80 Å². The van der Waals surface area contributed by atoms with Crippen LogP contribution >= 0.6 is 0 Å². The van der Waals surface area contributed by atoms with Gasteiger partial charge in [0.2, 0.25) is 0 Å². The lowest BCUT2D eigenvalue weighted by Gasteiger charge is -2.30. The molecule has 0 aliphatic heterocycles. The normalized spacial score (nSPS) is 11.4. The molecule has 0 saturated heterocycles. The quantitative estimate of drug-likeness (QED) is 0.155. The molecule has 274 valence electrons. The van der Waals surface area contributed by atoms with E-state index in [0.29, 0.717) is 0 Å². The van der Waals surface area contributed by atoms with Crippen molar-refractivity contribution in [2.45, 2.75) is 0 Å². The molecule has 0 atom stereocenters. The van der Waals surface area contributed by atoms with Crippen LogP contribution in [0.15, 0.2) is 229 Å². The third-order valence-corrected chi connectivity index (χ3v) is 11.1. The summed E-state index contributed by atoms with van der Waals surface area (Å²) >= 11 is 0. The van der Waals surface area contributed by atoms with E-state index in [1.165, 1.54) is 21.9 Å². The smallest absolute Gasteiger partial charge is 0.137 e. The lowest BCUT2D eigenvalue weighted by Crippen LogP contribution is -2.14. The SMILES string of the molecule is c1ccc(-c2ccc(-n3c4ccccc4c4c(N(c5ccccc5)c5ccccc5)cc(N(c5ccccc5)c5ccc6c(c5)oc5ccccc56)cc43)cc2)cc1. The summed E-state index contributed by atoms with van der Waals surface area (Å²) < 4.78 is 8.91. The van der Waals surface area contributed by atoms with Crippen LogP contribution in [0.4, 0.5) is 34.1 Å². The summed E-state index contributed by atoms with van der Waals surface area (Å²) in [5.41, 5.74) is 13.7. The maximum Gasteiger partial charge on any atom is 0.137 e. The fraction of sp³-hybridized carbons (Fsp3) is 0. The Hall–Kier alpha value is -7.82. The monoisotopic (exact) mass is 743 g/mol. The van der Waals surface area contributed by atoms with E-state index in [1.54, 1.807) is 0 Å². The molecule has 0 amide bonds. The molecule has 2 aromatic heterocycles. The van der Waals surface area contributed by atoms with Crippen LogP contribution in [0.25, 0.3) is 60.6 Å². The molecule has 4 heteroatoms. The topological polar surface area (TPSA) is 24.6 Å². The van der Waals surface area contributed by atoms with Crippen LogP contribution in [-0.4, -0.2) is 4.57 Å². The maximum absolute atomic E-state index is 6.48. The van der Waals surface area contributed by atoms with Crippen LogP contribution in [0.1, 0.15) is 0 Å². The van der Waals surface area contributed by atoms with Gasteiger partial charge in [-0.1, -0.05) is 133 Å². The van der Waals surface area contributed by atoms with Crippen molar-refractivity contribution in [3.05, 3.63) is 224 Å². The molecule has 2 heterocycles. The van der Waals surface area contributed by atoms with Gasteiger partial charge in [-0.2, -0.15) is 0 Å². The van der Waals surface area contributed by atoms with E-state index in [0.717, 1.165) is 72.8 Å². The van der Waals surface area contributed by atoms with Gasteiger partial charge in [0.05, 0.1) is 22.4 Å². The minimum absolute atomic E-state index is 0.851. The first kappa shape index (κ1) is 33.5. The summed E-state index contributed by atoms with van der Waals surface area (Å²) in [6, 6.07) is 79.9. The van der Waals surface area contributed by atoms with Gasteiger partial charge in [-0.25, -0.2) is 0 Å². The molecule has 0 fully saturated rings. The van der Waals surface area contributed by atoms with Crippen LogP contribution in [0.5, 0.6) is 0 Å². The molecule has 0 N–H and O–H groups in total. The molecule has 9 aromatic carbocycles. The number of hydrogen-bond acceptors (Lipinski definition) is 3. The third-order valence-electron chi connectivity index (χ3n) is 11.1. The predicted molar refractivity (Wildman–Crippen MR) is 243 cm³/mol. The Morgan fingerprint density at radius 1 is 0.328 bits per heavy atom. The summed E-state index contributed by atoms with van der Waals surface area (Å²) in [5, 5.41) is 4.56. The van der Waals surface area contributed by atoms with E-state index >= 15 is 0 Å². The molecular formula is C54H37N3O. The Labute approximate surface area is 336 Å². The Kier molecular flexibility index (Phi) is 8.11. The number of anilines is 6. The predicted octanol–water partition coefficient (Wildman–Crippen LogP) is 15.3. The number of hydrogen-bond donors (Lipinski definition) is 0. The van der Waals surface area contributed by atoms with E-state index in [9.17, 15) is 0 Å². The van der Waals surface area contributed by atoms with Crippen LogP contribution in [0.2, 0.25) is 0 Å². The Balaban J connectivity index is 1.23. The van der Waals surface area contributed by atoms with Gasteiger partial charge in [-0.3, -0.25) is 0 Å². The molecule has 0 aliphatic rings. The molecule has 4 nitrogen and oxygen atoms in total. The van der Waals surface area contributed by atoms with Gasteiger partial charge >= 0.3 is 0 Å². The van der Waals surface area contributed by atoms with E-state index in [2.05, 4.69) is 227 Å². The highest BCUT2D eigenvalue weighted by molar-refractivity contribution is 6.18. The highest BCUT2D eigenvalue weighted by atomic mass is 16.3. The van der Waals surface area contributed by atoms with Crippen molar-refractivity contribution < 1.29 is 4.42 Å². The highest BCUT2D eigenvalue weighted by Gasteiger charge is 2.25. The summed E-state index contributed by atoms with van der Waals surface area (Å²) in [7, 11) is 0. The molecule has 0 radical (unpaired) electrons. The maximum atomic E-state index is 6.48. The summed E-state index contributed by atoms with van der Waals surface area (Å²) in [6.07, 6.45) is 0. The lowest BCUT2D eigenvalue weighted by molar-refractivity contribution is 0.669. The molecule has 11 rings (SSSR count). The van der Waals surface area contributed by atoms with E-state index in [1.807, 2.05) is 12.1 Å². The van der Waals surface area contributed by atoms with Gasteiger partial charge in [0.1, 0.15) is 11.2 Å². The van der Waals surface area contributed by atoms with Crippen molar-refractivity contribution >= 4 is 77.9 Å². The molecule has 0 spiro atoms. The number of furan rings is 1. The fourth-order valence-corrected chi connectivity index (χ4v) is 8.54. The molecule has 58 heavy (non-hydrogen) atoms. The second kappa shape index (κ2) is 14.0. The standard InChI is InChI=1S/C54H37N3O/c1-5-17-38(18-6-1)39-29-31-43(32-30-39)57-49-27-15-13-26-48(49)54-50(56(41-21-9-3-10-22-41)42-23-11-4-12-24-42)35-45(36-51(54)57)55(40-19-7-2-8-20-40)44-33-34-47-46-25-14-16-28-52(46)58-53(47)37-44/h1-37H. The van der Waals surface area contributed by atoms with E-state index < -0.39 is 0 Å². The number of rotatable bonds is 8. The number of fused-ring (bicyclic) bond motifs is 6. The third kappa shape index (κ3) is 5.70. The Bertz CT molecular complexity index is 3170. The van der Waals surface area contributed by atoms with Gasteiger partial charge < -0.3 is 18.8 Å². The molecule has 0 unspecified atom stereocenters. The Morgan fingerprint density at radius 2 is 0.862 bits per heavy atom. The molecule has 0 bridgehead atoms. The second-order valence-electron chi connectivity index (χ2n) is 14.6. The average molecular weight is 744 g/mol. The van der Waals surface area contributed by atoms with E-state index in [4.69, 9.17) is 4.42 Å². The average Bonchev–Trinajstić information content (AvgIpc) is 3.83. The Morgan fingerprint density at radius 3 is 1.53 bits per heavy atom. The number of aromatic nitrogens is 1. The zero-order valence-corrected chi connectivity index (χ0v) is 31.6. The van der Waals surface area contributed by atoms with Gasteiger partial charge in [0.25, 0.3) is 0 Å². The zero-order valence-electron chi connectivity index (χ0n) is 31.6. The summed E-state index contributed by atoms with van der Waals surface area (Å²) in [6.45, 7) is 0. The number of nitrogens with zero attached hydrogens (tertiary/aromatic N) is 3. The number of para-hydroxylation sites is 5. The fourth-order valence-electron chi connectivity index (χ4n) is 8.54. The first-order valence-corrected chi connectivity index (χ1v) is 19.7. The summed E-state index contributed by atoms with van der Waals surface area (Å²) in [4.78, 5) is 4.75. The molecule has 11 aromatic rings. The van der Waals surface area contributed by atoms with Crippen molar-refractivity contribution in [1.29, 1.82) is 0 Å².